The molecule has 0 bridgehead atoms. The Bertz CT molecular complexity index is 650. The highest BCUT2D eigenvalue weighted by atomic mass is 16.5. The van der Waals surface area contributed by atoms with E-state index in [1.807, 2.05) is 38.1 Å². The van der Waals surface area contributed by atoms with Crippen molar-refractivity contribution in [2.24, 2.45) is 11.8 Å². The van der Waals surface area contributed by atoms with E-state index in [4.69, 9.17) is 4.52 Å². The average Bonchev–Trinajstić information content (AvgIpc) is 2.92. The lowest BCUT2D eigenvalue weighted by atomic mass is 10.1. The molecular weight excluding hydrogens is 292 g/mol. The first-order valence-corrected chi connectivity index (χ1v) is 7.90. The Morgan fingerprint density at radius 3 is 2.65 bits per heavy atom. The molecule has 1 aromatic carbocycles. The predicted molar refractivity (Wildman–Crippen MR) is 90.1 cm³/mol. The molecule has 124 valence electrons. The van der Waals surface area contributed by atoms with Gasteiger partial charge in [0, 0.05) is 23.7 Å². The normalized spacial score (nSPS) is 11.0. The maximum atomic E-state index is 11.7. The Kier molecular flexibility index (Phi) is 5.73. The zero-order valence-corrected chi connectivity index (χ0v) is 14.1. The first kappa shape index (κ1) is 17.0. The quantitative estimate of drug-likeness (QED) is 0.817. The highest BCUT2D eigenvalue weighted by molar-refractivity contribution is 5.92. The zero-order valence-electron chi connectivity index (χ0n) is 14.1. The molecule has 1 heterocycles. The first-order chi connectivity index (χ1) is 10.9. The van der Waals surface area contributed by atoms with Crippen molar-refractivity contribution in [1.29, 1.82) is 0 Å². The van der Waals surface area contributed by atoms with Crippen LogP contribution in [0, 0.1) is 11.8 Å². The summed E-state index contributed by atoms with van der Waals surface area (Å²) in [7, 11) is 0. The number of hydrogen-bond acceptors (Lipinski definition) is 5. The summed E-state index contributed by atoms with van der Waals surface area (Å²) in [4.78, 5) is 16.1. The van der Waals surface area contributed by atoms with Gasteiger partial charge in [-0.1, -0.05) is 38.9 Å². The van der Waals surface area contributed by atoms with Crippen molar-refractivity contribution < 1.29 is 9.32 Å². The van der Waals surface area contributed by atoms with Crippen LogP contribution in [0.3, 0.4) is 0 Å². The van der Waals surface area contributed by atoms with E-state index in [0.717, 1.165) is 23.6 Å². The molecule has 6 heteroatoms. The molecule has 0 radical (unpaired) electrons. The molecule has 0 saturated heterocycles. The smallest absolute Gasteiger partial charge is 0.245 e. The molecule has 0 aliphatic heterocycles. The van der Waals surface area contributed by atoms with Gasteiger partial charge in [-0.2, -0.15) is 4.98 Å². The number of aromatic nitrogens is 2. The van der Waals surface area contributed by atoms with Gasteiger partial charge in [-0.15, -0.1) is 0 Å². The van der Waals surface area contributed by atoms with E-state index in [9.17, 15) is 4.79 Å². The summed E-state index contributed by atoms with van der Waals surface area (Å²) < 4.78 is 5.22. The molecule has 0 aliphatic rings. The third kappa shape index (κ3) is 5.39. The van der Waals surface area contributed by atoms with E-state index in [1.165, 1.54) is 0 Å². The number of carbonyl (C=O) groups excluding carboxylic acids is 1. The summed E-state index contributed by atoms with van der Waals surface area (Å²) in [5, 5.41) is 10.1. The van der Waals surface area contributed by atoms with Crippen LogP contribution in [0.4, 0.5) is 11.4 Å². The maximum Gasteiger partial charge on any atom is 0.245 e. The fourth-order valence-electron chi connectivity index (χ4n) is 1.98. The van der Waals surface area contributed by atoms with Crippen LogP contribution in [0.1, 0.15) is 39.4 Å². The molecule has 1 amide bonds. The van der Waals surface area contributed by atoms with Crippen molar-refractivity contribution in [3.05, 3.63) is 36.0 Å². The van der Waals surface area contributed by atoms with Gasteiger partial charge in [0.25, 0.3) is 0 Å². The number of benzene rings is 1. The molecule has 0 aliphatic carbocycles. The van der Waals surface area contributed by atoms with Gasteiger partial charge in [0.05, 0.1) is 6.54 Å². The minimum atomic E-state index is -0.0515. The Morgan fingerprint density at radius 1 is 1.22 bits per heavy atom. The summed E-state index contributed by atoms with van der Waals surface area (Å²) >= 11 is 0. The Hall–Kier alpha value is -2.37. The largest absolute Gasteiger partial charge is 0.376 e. The van der Waals surface area contributed by atoms with Crippen LogP contribution >= 0.6 is 0 Å². The van der Waals surface area contributed by atoms with Crippen molar-refractivity contribution in [3.63, 3.8) is 0 Å². The lowest BCUT2D eigenvalue weighted by Crippen LogP contribution is -2.17. The van der Waals surface area contributed by atoms with Crippen LogP contribution < -0.4 is 10.6 Å². The lowest BCUT2D eigenvalue weighted by molar-refractivity contribution is -0.118. The van der Waals surface area contributed by atoms with Crippen LogP contribution in [0.5, 0.6) is 0 Å². The van der Waals surface area contributed by atoms with E-state index < -0.39 is 0 Å². The minimum Gasteiger partial charge on any atom is -0.376 e. The summed E-state index contributed by atoms with van der Waals surface area (Å²) in [5.41, 5.74) is 1.65. The topological polar surface area (TPSA) is 80.0 Å². The number of amides is 1. The third-order valence-electron chi connectivity index (χ3n) is 3.20. The Morgan fingerprint density at radius 2 is 1.96 bits per heavy atom. The van der Waals surface area contributed by atoms with Crippen LogP contribution in [-0.4, -0.2) is 16.0 Å². The van der Waals surface area contributed by atoms with E-state index in [2.05, 4.69) is 34.6 Å². The molecule has 0 fully saturated rings. The fraction of sp³-hybridized carbons (Fsp3) is 0.471. The van der Waals surface area contributed by atoms with Crippen molar-refractivity contribution in [1.82, 2.24) is 10.1 Å². The van der Waals surface area contributed by atoms with Gasteiger partial charge in [-0.3, -0.25) is 4.79 Å². The van der Waals surface area contributed by atoms with Crippen molar-refractivity contribution in [2.45, 2.75) is 40.7 Å². The summed E-state index contributed by atoms with van der Waals surface area (Å²) in [5.74, 6) is 1.73. The Labute approximate surface area is 136 Å². The van der Waals surface area contributed by atoms with E-state index in [0.29, 0.717) is 18.4 Å². The third-order valence-corrected chi connectivity index (χ3v) is 3.20. The standard InChI is InChI=1S/C17H24N4O2/c1-11(2)8-15-20-16(23-21-15)10-18-13-6-5-7-14(9-13)19-17(22)12(3)4/h5-7,9,11-12,18H,8,10H2,1-4H3,(H,19,22). The molecular formula is C17H24N4O2. The van der Waals surface area contributed by atoms with E-state index >= 15 is 0 Å². The van der Waals surface area contributed by atoms with Gasteiger partial charge in [0.1, 0.15) is 0 Å². The molecule has 2 rings (SSSR count). The van der Waals surface area contributed by atoms with Gasteiger partial charge >= 0.3 is 0 Å². The van der Waals surface area contributed by atoms with Crippen molar-refractivity contribution in [2.75, 3.05) is 10.6 Å². The van der Waals surface area contributed by atoms with Crippen molar-refractivity contribution in [3.8, 4) is 0 Å². The molecule has 0 saturated carbocycles. The number of nitrogens with one attached hydrogen (secondary N) is 2. The van der Waals surface area contributed by atoms with Gasteiger partial charge in [0.2, 0.25) is 11.8 Å². The predicted octanol–water partition coefficient (Wildman–Crippen LogP) is 3.47. The number of rotatable bonds is 7. The zero-order chi connectivity index (χ0) is 16.8. The molecule has 0 spiro atoms. The van der Waals surface area contributed by atoms with Gasteiger partial charge in [0.15, 0.2) is 5.82 Å². The number of anilines is 2. The fourth-order valence-corrected chi connectivity index (χ4v) is 1.98. The summed E-state index contributed by atoms with van der Waals surface area (Å²) in [6.07, 6.45) is 0.806. The number of nitrogens with zero attached hydrogens (tertiary/aromatic N) is 2. The van der Waals surface area contributed by atoms with Crippen LogP contribution in [0.2, 0.25) is 0 Å². The molecule has 0 atom stereocenters. The SMILES string of the molecule is CC(C)Cc1noc(CNc2cccc(NC(=O)C(C)C)c2)n1. The maximum absolute atomic E-state index is 11.7. The highest BCUT2D eigenvalue weighted by Gasteiger charge is 2.09. The van der Waals surface area contributed by atoms with Crippen LogP contribution in [0.15, 0.2) is 28.8 Å². The van der Waals surface area contributed by atoms with Crippen LogP contribution in [0.25, 0.3) is 0 Å². The number of hydrogen-bond donors (Lipinski definition) is 2. The van der Waals surface area contributed by atoms with E-state index in [-0.39, 0.29) is 11.8 Å². The van der Waals surface area contributed by atoms with E-state index in [1.54, 1.807) is 0 Å². The highest BCUT2D eigenvalue weighted by Crippen LogP contribution is 2.16. The van der Waals surface area contributed by atoms with Gasteiger partial charge in [-0.25, -0.2) is 0 Å². The summed E-state index contributed by atoms with van der Waals surface area (Å²) in [6.45, 7) is 8.41. The molecule has 0 unspecified atom stereocenters. The Balaban J connectivity index is 1.93. The van der Waals surface area contributed by atoms with Gasteiger partial charge in [-0.05, 0) is 24.1 Å². The first-order valence-electron chi connectivity index (χ1n) is 7.90. The second-order valence-electron chi connectivity index (χ2n) is 6.28. The molecule has 1 aromatic heterocycles. The van der Waals surface area contributed by atoms with Crippen molar-refractivity contribution >= 4 is 17.3 Å². The van der Waals surface area contributed by atoms with Gasteiger partial charge < -0.3 is 15.2 Å². The second-order valence-corrected chi connectivity index (χ2v) is 6.28. The summed E-state index contributed by atoms with van der Waals surface area (Å²) in [6, 6.07) is 7.55. The second kappa shape index (κ2) is 7.76. The van der Waals surface area contributed by atoms with Crippen LogP contribution in [-0.2, 0) is 17.8 Å². The molecule has 6 nitrogen and oxygen atoms in total. The monoisotopic (exact) mass is 316 g/mol. The molecule has 2 aromatic rings. The molecule has 23 heavy (non-hydrogen) atoms. The number of carbonyl (C=O) groups is 1. The average molecular weight is 316 g/mol. The lowest BCUT2D eigenvalue weighted by Gasteiger charge is -2.09. The minimum absolute atomic E-state index is 0.00243. The molecule has 2 N–H and O–H groups in total.